The molecule has 0 aromatic carbocycles. The molecule has 0 amide bonds. The molecule has 0 saturated heterocycles. The van der Waals surface area contributed by atoms with Gasteiger partial charge in [0.25, 0.3) is 0 Å². The summed E-state index contributed by atoms with van der Waals surface area (Å²) >= 11 is 1.92. The van der Waals surface area contributed by atoms with E-state index in [9.17, 15) is 0 Å². The lowest BCUT2D eigenvalue weighted by molar-refractivity contribution is 0.299. The first kappa shape index (κ1) is 10.0. The molecule has 1 nitrogen and oxygen atoms in total. The van der Waals surface area contributed by atoms with Crippen molar-refractivity contribution in [3.8, 4) is 0 Å². The number of hydrogen-bond donors (Lipinski definition) is 1. The summed E-state index contributed by atoms with van der Waals surface area (Å²) in [6.45, 7) is 4.31. The van der Waals surface area contributed by atoms with Crippen LogP contribution in [-0.4, -0.2) is 23.2 Å². The van der Waals surface area contributed by atoms with E-state index in [0.717, 1.165) is 17.9 Å². The average Bonchev–Trinajstić information content (AvgIpc) is 2.46. The number of thioether (sulfide) groups is 1. The summed E-state index contributed by atoms with van der Waals surface area (Å²) < 4.78 is 0. The van der Waals surface area contributed by atoms with Gasteiger partial charge < -0.3 is 5.11 Å². The van der Waals surface area contributed by atoms with E-state index in [1.165, 1.54) is 5.57 Å². The predicted octanol–water partition coefficient (Wildman–Crippen LogP) is 2.07. The topological polar surface area (TPSA) is 20.2 Å². The van der Waals surface area contributed by atoms with Gasteiger partial charge in [0.2, 0.25) is 0 Å². The highest BCUT2D eigenvalue weighted by molar-refractivity contribution is 7.99. The van der Waals surface area contributed by atoms with Crippen molar-refractivity contribution in [3.63, 3.8) is 0 Å². The van der Waals surface area contributed by atoms with Crippen LogP contribution in [0.25, 0.3) is 0 Å². The van der Waals surface area contributed by atoms with Crippen LogP contribution in [0, 0.1) is 0 Å². The molecular formula is C8H16OS. The molecule has 0 radical (unpaired) electrons. The summed E-state index contributed by atoms with van der Waals surface area (Å²) in [6.07, 6.45) is 3.09. The number of hydrogen-bond acceptors (Lipinski definition) is 2. The van der Waals surface area contributed by atoms with Gasteiger partial charge in [-0.15, -0.1) is 0 Å². The molecule has 10 heavy (non-hydrogen) atoms. The monoisotopic (exact) mass is 160 g/mol. The lowest BCUT2D eigenvalue weighted by atomic mass is 10.2. The van der Waals surface area contributed by atoms with Crippen LogP contribution in [0.3, 0.4) is 0 Å². The van der Waals surface area contributed by atoms with Crippen LogP contribution in [0.1, 0.15) is 20.3 Å². The van der Waals surface area contributed by atoms with Gasteiger partial charge in [0.1, 0.15) is 0 Å². The maximum Gasteiger partial charge on any atom is 0.0468 e. The van der Waals surface area contributed by atoms with Crippen molar-refractivity contribution >= 4 is 11.8 Å². The van der Waals surface area contributed by atoms with Gasteiger partial charge in [-0.25, -0.2) is 0 Å². The Kier molecular flexibility index (Phi) is 7.20. The lowest BCUT2D eigenvalue weighted by Crippen LogP contribution is -1.86. The second kappa shape index (κ2) is 7.16. The molecule has 1 aliphatic rings. The van der Waals surface area contributed by atoms with Gasteiger partial charge in [-0.1, -0.05) is 25.5 Å². The minimum Gasteiger partial charge on any atom is -0.396 e. The first-order valence-corrected chi connectivity index (χ1v) is 4.95. The minimum atomic E-state index is 0.312. The molecule has 0 aliphatic carbocycles. The summed E-state index contributed by atoms with van der Waals surface area (Å²) in [7, 11) is 0. The maximum atomic E-state index is 8.48. The first-order chi connectivity index (χ1) is 4.93. The van der Waals surface area contributed by atoms with Crippen LogP contribution in [0.5, 0.6) is 0 Å². The van der Waals surface area contributed by atoms with Gasteiger partial charge in [-0.2, -0.15) is 11.8 Å². The molecular weight excluding hydrogens is 144 g/mol. The molecule has 1 heterocycles. The van der Waals surface area contributed by atoms with Crippen molar-refractivity contribution in [1.82, 2.24) is 0 Å². The van der Waals surface area contributed by atoms with Crippen LogP contribution >= 0.6 is 11.8 Å². The fraction of sp³-hybridized carbons (Fsp3) is 0.750. The SMILES string of the molecule is CC.OCCC1=CCSC1. The van der Waals surface area contributed by atoms with Crippen LogP contribution in [0.4, 0.5) is 0 Å². The van der Waals surface area contributed by atoms with Gasteiger partial charge in [0.05, 0.1) is 0 Å². The van der Waals surface area contributed by atoms with E-state index >= 15 is 0 Å². The van der Waals surface area contributed by atoms with E-state index in [0.29, 0.717) is 6.61 Å². The third-order valence-electron chi connectivity index (χ3n) is 1.21. The molecule has 0 aromatic heterocycles. The Morgan fingerprint density at radius 3 is 2.70 bits per heavy atom. The molecule has 0 fully saturated rings. The normalized spacial score (nSPS) is 15.7. The predicted molar refractivity (Wildman–Crippen MR) is 48.5 cm³/mol. The number of rotatable bonds is 2. The Morgan fingerprint density at radius 2 is 2.30 bits per heavy atom. The van der Waals surface area contributed by atoms with Gasteiger partial charge in [-0.05, 0) is 6.42 Å². The second-order valence-corrected chi connectivity index (χ2v) is 2.88. The third kappa shape index (κ3) is 3.96. The largest absolute Gasteiger partial charge is 0.396 e. The highest BCUT2D eigenvalue weighted by Crippen LogP contribution is 2.18. The molecule has 0 bridgehead atoms. The zero-order chi connectivity index (χ0) is 7.82. The minimum absolute atomic E-state index is 0.312. The fourth-order valence-electron chi connectivity index (χ4n) is 0.744. The van der Waals surface area contributed by atoms with E-state index < -0.39 is 0 Å². The quantitative estimate of drug-likeness (QED) is 0.624. The van der Waals surface area contributed by atoms with Gasteiger partial charge >= 0.3 is 0 Å². The molecule has 1 rings (SSSR count). The Balaban J connectivity index is 0.000000371. The summed E-state index contributed by atoms with van der Waals surface area (Å²) in [5.41, 5.74) is 1.41. The Bertz CT molecular complexity index is 99.4. The molecule has 0 atom stereocenters. The Morgan fingerprint density at radius 1 is 1.60 bits per heavy atom. The summed E-state index contributed by atoms with van der Waals surface area (Å²) in [6, 6.07) is 0. The highest BCUT2D eigenvalue weighted by atomic mass is 32.2. The zero-order valence-electron chi connectivity index (χ0n) is 6.76. The first-order valence-electron chi connectivity index (χ1n) is 3.80. The maximum absolute atomic E-state index is 8.48. The van der Waals surface area contributed by atoms with Crippen molar-refractivity contribution in [2.75, 3.05) is 18.1 Å². The Hall–Kier alpha value is 0.0500. The fourth-order valence-corrected chi connectivity index (χ4v) is 1.74. The number of aliphatic hydroxyl groups is 1. The van der Waals surface area contributed by atoms with Crippen LogP contribution in [0.2, 0.25) is 0 Å². The van der Waals surface area contributed by atoms with Crippen molar-refractivity contribution in [1.29, 1.82) is 0 Å². The molecule has 0 unspecified atom stereocenters. The van der Waals surface area contributed by atoms with Gasteiger partial charge in [0.15, 0.2) is 0 Å². The van der Waals surface area contributed by atoms with Gasteiger partial charge in [-0.3, -0.25) is 0 Å². The third-order valence-corrected chi connectivity index (χ3v) is 2.19. The highest BCUT2D eigenvalue weighted by Gasteiger charge is 2.01. The summed E-state index contributed by atoms with van der Waals surface area (Å²) in [4.78, 5) is 0. The molecule has 1 aliphatic heterocycles. The van der Waals surface area contributed by atoms with Crippen LogP contribution < -0.4 is 0 Å². The van der Waals surface area contributed by atoms with E-state index in [1.807, 2.05) is 25.6 Å². The Labute approximate surface area is 67.5 Å². The average molecular weight is 160 g/mol. The lowest BCUT2D eigenvalue weighted by Gasteiger charge is -1.92. The van der Waals surface area contributed by atoms with Crippen molar-refractivity contribution in [3.05, 3.63) is 11.6 Å². The summed E-state index contributed by atoms with van der Waals surface area (Å²) in [5.74, 6) is 2.29. The zero-order valence-corrected chi connectivity index (χ0v) is 7.58. The van der Waals surface area contributed by atoms with Crippen LogP contribution in [-0.2, 0) is 0 Å². The van der Waals surface area contributed by atoms with E-state index in [1.54, 1.807) is 0 Å². The molecule has 0 aromatic rings. The number of aliphatic hydroxyl groups excluding tert-OH is 1. The molecule has 2 heteroatoms. The van der Waals surface area contributed by atoms with E-state index in [2.05, 4.69) is 6.08 Å². The van der Waals surface area contributed by atoms with Crippen molar-refractivity contribution < 1.29 is 5.11 Å². The smallest absolute Gasteiger partial charge is 0.0468 e. The van der Waals surface area contributed by atoms with Gasteiger partial charge in [0, 0.05) is 18.1 Å². The van der Waals surface area contributed by atoms with E-state index in [-0.39, 0.29) is 0 Å². The van der Waals surface area contributed by atoms with Crippen LogP contribution in [0.15, 0.2) is 11.6 Å². The van der Waals surface area contributed by atoms with Crippen molar-refractivity contribution in [2.24, 2.45) is 0 Å². The molecule has 0 saturated carbocycles. The standard InChI is InChI=1S/C6H10OS.C2H6/c7-3-1-6-2-4-8-5-6;1-2/h2,7H,1,3-5H2;1-2H3. The summed E-state index contributed by atoms with van der Waals surface area (Å²) in [5, 5.41) is 8.48. The second-order valence-electron chi connectivity index (χ2n) is 1.85. The molecule has 60 valence electrons. The molecule has 1 N–H and O–H groups in total. The van der Waals surface area contributed by atoms with Crippen molar-refractivity contribution in [2.45, 2.75) is 20.3 Å². The van der Waals surface area contributed by atoms with E-state index in [4.69, 9.17) is 5.11 Å². The molecule has 0 spiro atoms.